The smallest absolute Gasteiger partial charge is 0.234 e. The molecular weight excluding hydrogens is 316 g/mol. The summed E-state index contributed by atoms with van der Waals surface area (Å²) in [4.78, 5) is 14.0. The summed E-state index contributed by atoms with van der Waals surface area (Å²) in [6.07, 6.45) is 0.500. The second kappa shape index (κ2) is 7.31. The Kier molecular flexibility index (Phi) is 5.64. The van der Waals surface area contributed by atoms with E-state index in [2.05, 4.69) is 5.32 Å². The maximum Gasteiger partial charge on any atom is 0.234 e. The van der Waals surface area contributed by atoms with E-state index in [0.717, 1.165) is 11.3 Å². The first-order chi connectivity index (χ1) is 10.8. The quantitative estimate of drug-likeness (QED) is 0.836. The van der Waals surface area contributed by atoms with Crippen molar-refractivity contribution >= 4 is 15.7 Å². The van der Waals surface area contributed by atoms with Crippen molar-refractivity contribution in [3.05, 3.63) is 29.8 Å². The third-order valence-electron chi connectivity index (χ3n) is 4.24. The van der Waals surface area contributed by atoms with Gasteiger partial charge in [0.25, 0.3) is 0 Å². The topological polar surface area (TPSA) is 75.7 Å². The van der Waals surface area contributed by atoms with Crippen LogP contribution in [0.5, 0.6) is 5.75 Å². The van der Waals surface area contributed by atoms with Gasteiger partial charge in [0.2, 0.25) is 5.91 Å². The average molecular weight is 340 g/mol. The van der Waals surface area contributed by atoms with Gasteiger partial charge in [-0.15, -0.1) is 0 Å². The van der Waals surface area contributed by atoms with Crippen LogP contribution in [-0.4, -0.2) is 57.5 Å². The molecule has 0 saturated carbocycles. The number of carbonyl (C=O) groups is 1. The number of nitrogens with one attached hydrogen (secondary N) is 1. The first-order valence-corrected chi connectivity index (χ1v) is 9.47. The van der Waals surface area contributed by atoms with Gasteiger partial charge in [-0.25, -0.2) is 8.42 Å². The van der Waals surface area contributed by atoms with Gasteiger partial charge in [-0.05, 0) is 26.5 Å². The Morgan fingerprint density at radius 3 is 2.74 bits per heavy atom. The lowest BCUT2D eigenvalue weighted by molar-refractivity contribution is -0.122. The van der Waals surface area contributed by atoms with Gasteiger partial charge in [0.1, 0.15) is 5.75 Å². The fourth-order valence-corrected chi connectivity index (χ4v) is 4.47. The van der Waals surface area contributed by atoms with Crippen LogP contribution in [0.15, 0.2) is 24.3 Å². The fraction of sp³-hybridized carbons (Fsp3) is 0.562. The molecule has 1 N–H and O–H groups in total. The molecule has 1 aromatic rings. The van der Waals surface area contributed by atoms with Crippen molar-refractivity contribution in [2.45, 2.75) is 25.4 Å². The highest BCUT2D eigenvalue weighted by molar-refractivity contribution is 7.91. The van der Waals surface area contributed by atoms with Crippen LogP contribution in [0.25, 0.3) is 0 Å². The van der Waals surface area contributed by atoms with Crippen molar-refractivity contribution in [1.82, 2.24) is 10.2 Å². The van der Waals surface area contributed by atoms with Crippen LogP contribution in [0.2, 0.25) is 0 Å². The van der Waals surface area contributed by atoms with Gasteiger partial charge < -0.3 is 10.1 Å². The van der Waals surface area contributed by atoms with E-state index in [1.54, 1.807) is 7.11 Å². The van der Waals surface area contributed by atoms with E-state index in [1.807, 2.05) is 43.1 Å². The molecule has 0 aliphatic carbocycles. The molecule has 1 heterocycles. The fourth-order valence-electron chi connectivity index (χ4n) is 2.79. The van der Waals surface area contributed by atoms with Crippen LogP contribution in [0, 0.1) is 0 Å². The van der Waals surface area contributed by atoms with E-state index in [9.17, 15) is 13.2 Å². The lowest BCUT2D eigenvalue weighted by atomic mass is 10.1. The van der Waals surface area contributed by atoms with Gasteiger partial charge in [0.05, 0.1) is 25.2 Å². The van der Waals surface area contributed by atoms with Crippen molar-refractivity contribution in [1.29, 1.82) is 0 Å². The van der Waals surface area contributed by atoms with Crippen LogP contribution in [-0.2, 0) is 14.6 Å². The summed E-state index contributed by atoms with van der Waals surface area (Å²) < 4.78 is 28.2. The number of carbonyl (C=O) groups excluding carboxylic acids is 1. The maximum absolute atomic E-state index is 12.1. The molecule has 2 atom stereocenters. The molecule has 0 spiro atoms. The van der Waals surface area contributed by atoms with Crippen molar-refractivity contribution in [3.63, 3.8) is 0 Å². The number of likely N-dealkylation sites (N-methyl/N-ethyl adjacent to an activating group) is 1. The van der Waals surface area contributed by atoms with E-state index in [4.69, 9.17) is 4.74 Å². The SMILES string of the molecule is COc1ccccc1C(C)N(C)CC(=O)NC1CCS(=O)(=O)C1. The molecule has 7 heteroatoms. The summed E-state index contributed by atoms with van der Waals surface area (Å²) in [5.74, 6) is 0.834. The van der Waals surface area contributed by atoms with Gasteiger partial charge in [-0.2, -0.15) is 0 Å². The monoisotopic (exact) mass is 340 g/mol. The van der Waals surface area contributed by atoms with Gasteiger partial charge >= 0.3 is 0 Å². The minimum absolute atomic E-state index is 0.00390. The highest BCUT2D eigenvalue weighted by Crippen LogP contribution is 2.27. The zero-order valence-corrected chi connectivity index (χ0v) is 14.6. The summed E-state index contributed by atoms with van der Waals surface area (Å²) >= 11 is 0. The summed E-state index contributed by atoms with van der Waals surface area (Å²) in [5.41, 5.74) is 1.01. The molecular formula is C16H24N2O4S. The number of nitrogens with zero attached hydrogens (tertiary/aromatic N) is 1. The lowest BCUT2D eigenvalue weighted by Gasteiger charge is -2.26. The zero-order valence-electron chi connectivity index (χ0n) is 13.8. The molecule has 0 bridgehead atoms. The number of amides is 1. The van der Waals surface area contributed by atoms with Gasteiger partial charge in [-0.1, -0.05) is 18.2 Å². The number of para-hydroxylation sites is 1. The van der Waals surface area contributed by atoms with Gasteiger partial charge in [-0.3, -0.25) is 9.69 Å². The Labute approximate surface area is 137 Å². The number of hydrogen-bond acceptors (Lipinski definition) is 5. The molecule has 2 unspecified atom stereocenters. The minimum Gasteiger partial charge on any atom is -0.496 e. The van der Waals surface area contributed by atoms with Crippen molar-refractivity contribution in [2.75, 3.05) is 32.2 Å². The number of ether oxygens (including phenoxy) is 1. The van der Waals surface area contributed by atoms with E-state index < -0.39 is 9.84 Å². The third-order valence-corrected chi connectivity index (χ3v) is 6.01. The molecule has 1 saturated heterocycles. The predicted octanol–water partition coefficient (Wildman–Crippen LogP) is 0.991. The Balaban J connectivity index is 1.93. The molecule has 1 amide bonds. The highest BCUT2D eigenvalue weighted by atomic mass is 32.2. The van der Waals surface area contributed by atoms with Crippen LogP contribution in [0.4, 0.5) is 0 Å². The molecule has 1 aliphatic heterocycles. The van der Waals surface area contributed by atoms with E-state index in [1.165, 1.54) is 0 Å². The lowest BCUT2D eigenvalue weighted by Crippen LogP contribution is -2.42. The molecule has 6 nitrogen and oxygen atoms in total. The second-order valence-electron chi connectivity index (χ2n) is 6.00. The molecule has 0 aromatic heterocycles. The Bertz CT molecular complexity index is 660. The first-order valence-electron chi connectivity index (χ1n) is 7.65. The molecule has 1 aromatic carbocycles. The van der Waals surface area contributed by atoms with Crippen LogP contribution >= 0.6 is 0 Å². The first kappa shape index (κ1) is 17.7. The summed E-state index contributed by atoms with van der Waals surface area (Å²) in [5, 5.41) is 2.81. The molecule has 128 valence electrons. The summed E-state index contributed by atoms with van der Waals surface area (Å²) in [6, 6.07) is 7.45. The second-order valence-corrected chi connectivity index (χ2v) is 8.23. The third kappa shape index (κ3) is 4.68. The Morgan fingerprint density at radius 2 is 2.13 bits per heavy atom. The predicted molar refractivity (Wildman–Crippen MR) is 89.2 cm³/mol. The van der Waals surface area contributed by atoms with Crippen LogP contribution in [0.3, 0.4) is 0 Å². The number of methoxy groups -OCH3 is 1. The number of hydrogen-bond donors (Lipinski definition) is 1. The largest absolute Gasteiger partial charge is 0.496 e. The average Bonchev–Trinajstić information content (AvgIpc) is 2.84. The molecule has 0 radical (unpaired) electrons. The zero-order chi connectivity index (χ0) is 17.0. The summed E-state index contributed by atoms with van der Waals surface area (Å²) in [7, 11) is 0.504. The standard InChI is InChI=1S/C16H24N2O4S/c1-12(14-6-4-5-7-15(14)22-3)18(2)10-16(19)17-13-8-9-23(20,21)11-13/h4-7,12-13H,8-11H2,1-3H3,(H,17,19). The Morgan fingerprint density at radius 1 is 1.43 bits per heavy atom. The van der Waals surface area contributed by atoms with E-state index in [0.29, 0.717) is 6.42 Å². The molecule has 23 heavy (non-hydrogen) atoms. The molecule has 2 rings (SSSR count). The Hall–Kier alpha value is -1.60. The number of rotatable bonds is 6. The van der Waals surface area contributed by atoms with E-state index >= 15 is 0 Å². The maximum atomic E-state index is 12.1. The summed E-state index contributed by atoms with van der Waals surface area (Å²) in [6.45, 7) is 2.21. The van der Waals surface area contributed by atoms with Crippen molar-refractivity contribution in [2.24, 2.45) is 0 Å². The normalized spacial score (nSPS) is 21.1. The number of benzene rings is 1. The molecule has 1 aliphatic rings. The minimum atomic E-state index is -2.98. The highest BCUT2D eigenvalue weighted by Gasteiger charge is 2.29. The van der Waals surface area contributed by atoms with Crippen LogP contribution in [0.1, 0.15) is 24.9 Å². The van der Waals surface area contributed by atoms with Gasteiger partial charge in [0, 0.05) is 17.6 Å². The van der Waals surface area contributed by atoms with E-state index in [-0.39, 0.29) is 36.0 Å². The molecule has 1 fully saturated rings. The van der Waals surface area contributed by atoms with Crippen molar-refractivity contribution in [3.8, 4) is 5.75 Å². The van der Waals surface area contributed by atoms with Crippen molar-refractivity contribution < 1.29 is 17.9 Å². The number of sulfone groups is 1. The van der Waals surface area contributed by atoms with Gasteiger partial charge in [0.15, 0.2) is 9.84 Å². The van der Waals surface area contributed by atoms with Crippen LogP contribution < -0.4 is 10.1 Å².